The molecule has 1 atom stereocenters. The van der Waals surface area contributed by atoms with Crippen molar-refractivity contribution in [1.82, 2.24) is 4.90 Å². The Morgan fingerprint density at radius 2 is 1.79 bits per heavy atom. The third kappa shape index (κ3) is 5.38. The van der Waals surface area contributed by atoms with Gasteiger partial charge in [-0.3, -0.25) is 4.90 Å². The van der Waals surface area contributed by atoms with E-state index >= 15 is 0 Å². The lowest BCUT2D eigenvalue weighted by atomic mass is 10.2. The molecule has 1 heterocycles. The maximum Gasteiger partial charge on any atom is 0.337 e. The number of benzene rings is 2. The Morgan fingerprint density at radius 1 is 1.11 bits per heavy atom. The van der Waals surface area contributed by atoms with Crippen LogP contribution in [-0.2, 0) is 4.74 Å². The number of aliphatic hydroxyl groups is 1. The number of rotatable bonds is 7. The van der Waals surface area contributed by atoms with E-state index in [1.165, 1.54) is 7.11 Å². The Kier molecular flexibility index (Phi) is 7.14. The van der Waals surface area contributed by atoms with Crippen molar-refractivity contribution in [2.45, 2.75) is 6.10 Å². The molecule has 0 bridgehead atoms. The summed E-state index contributed by atoms with van der Waals surface area (Å²) in [4.78, 5) is 15.9. The van der Waals surface area contributed by atoms with E-state index < -0.39 is 6.10 Å². The highest BCUT2D eigenvalue weighted by Gasteiger charge is 2.21. The van der Waals surface area contributed by atoms with Crippen LogP contribution in [0.15, 0.2) is 48.5 Å². The quantitative estimate of drug-likeness (QED) is 0.716. The molecule has 0 aromatic heterocycles. The monoisotopic (exact) mass is 404 g/mol. The summed E-state index contributed by atoms with van der Waals surface area (Å²) in [5.74, 6) is 0.220. The average molecular weight is 405 g/mol. The summed E-state index contributed by atoms with van der Waals surface area (Å²) in [6, 6.07) is 14.5. The summed E-state index contributed by atoms with van der Waals surface area (Å²) in [6.07, 6.45) is -0.591. The van der Waals surface area contributed by atoms with Gasteiger partial charge in [0.05, 0.1) is 23.4 Å². The van der Waals surface area contributed by atoms with Gasteiger partial charge >= 0.3 is 5.97 Å². The van der Waals surface area contributed by atoms with Gasteiger partial charge in [0.25, 0.3) is 0 Å². The van der Waals surface area contributed by atoms with Crippen LogP contribution in [0.25, 0.3) is 0 Å². The summed E-state index contributed by atoms with van der Waals surface area (Å²) in [7, 11) is 1.34. The van der Waals surface area contributed by atoms with Gasteiger partial charge in [-0.05, 0) is 36.4 Å². The highest BCUT2D eigenvalue weighted by Crippen LogP contribution is 2.26. The Morgan fingerprint density at radius 3 is 2.43 bits per heavy atom. The summed E-state index contributed by atoms with van der Waals surface area (Å²) in [6.45, 7) is 4.20. The van der Waals surface area contributed by atoms with Gasteiger partial charge in [-0.1, -0.05) is 23.7 Å². The normalized spacial score (nSPS) is 15.9. The molecule has 0 aliphatic carbocycles. The highest BCUT2D eigenvalue weighted by molar-refractivity contribution is 6.33. The topological polar surface area (TPSA) is 62.2 Å². The van der Waals surface area contributed by atoms with Gasteiger partial charge in [-0.15, -0.1) is 0 Å². The number of halogens is 1. The fourth-order valence-electron chi connectivity index (χ4n) is 3.23. The van der Waals surface area contributed by atoms with Crippen LogP contribution in [0.2, 0.25) is 5.02 Å². The number of para-hydroxylation sites is 1. The molecule has 1 N–H and O–H groups in total. The van der Waals surface area contributed by atoms with Gasteiger partial charge in [0.15, 0.2) is 0 Å². The summed E-state index contributed by atoms with van der Waals surface area (Å²) in [5, 5.41) is 11.1. The molecule has 150 valence electrons. The molecule has 0 radical (unpaired) electrons. The number of hydrogen-bond donors (Lipinski definition) is 1. The molecule has 2 aromatic rings. The lowest BCUT2D eigenvalue weighted by molar-refractivity contribution is 0.0599. The Balaban J connectivity index is 1.41. The number of carbonyl (C=O) groups excluding carboxylic acids is 1. The van der Waals surface area contributed by atoms with Crippen molar-refractivity contribution < 1.29 is 19.4 Å². The van der Waals surface area contributed by atoms with Crippen molar-refractivity contribution in [3.8, 4) is 5.75 Å². The first-order valence-corrected chi connectivity index (χ1v) is 9.65. The maximum atomic E-state index is 11.4. The van der Waals surface area contributed by atoms with Crippen molar-refractivity contribution in [2.75, 3.05) is 51.3 Å². The molecule has 0 spiro atoms. The second-order valence-electron chi connectivity index (χ2n) is 6.72. The molecule has 6 nitrogen and oxygen atoms in total. The predicted octanol–water partition coefficient (Wildman–Crippen LogP) is 2.69. The van der Waals surface area contributed by atoms with Crippen LogP contribution in [0.4, 0.5) is 5.69 Å². The van der Waals surface area contributed by atoms with Crippen molar-refractivity contribution in [2.24, 2.45) is 0 Å². The van der Waals surface area contributed by atoms with E-state index in [-0.39, 0.29) is 12.6 Å². The minimum absolute atomic E-state index is 0.197. The summed E-state index contributed by atoms with van der Waals surface area (Å²) >= 11 is 6.28. The van der Waals surface area contributed by atoms with Gasteiger partial charge in [0.2, 0.25) is 0 Å². The lowest BCUT2D eigenvalue weighted by Gasteiger charge is -2.37. The molecule has 1 aliphatic rings. The van der Waals surface area contributed by atoms with Gasteiger partial charge < -0.3 is 19.5 Å². The fraction of sp³-hybridized carbons (Fsp3) is 0.381. The molecule has 1 unspecified atom stereocenters. The summed E-state index contributed by atoms with van der Waals surface area (Å²) < 4.78 is 10.3. The van der Waals surface area contributed by atoms with Gasteiger partial charge in [-0.25, -0.2) is 4.79 Å². The van der Waals surface area contributed by atoms with Crippen LogP contribution < -0.4 is 9.64 Å². The fourth-order valence-corrected chi connectivity index (χ4v) is 3.48. The van der Waals surface area contributed by atoms with E-state index in [1.54, 1.807) is 24.3 Å². The van der Waals surface area contributed by atoms with Gasteiger partial charge in [0, 0.05) is 32.7 Å². The number of ether oxygens (including phenoxy) is 2. The van der Waals surface area contributed by atoms with Crippen molar-refractivity contribution in [3.63, 3.8) is 0 Å². The molecule has 1 saturated heterocycles. The highest BCUT2D eigenvalue weighted by atomic mass is 35.5. The van der Waals surface area contributed by atoms with E-state index in [4.69, 9.17) is 16.3 Å². The van der Waals surface area contributed by atoms with E-state index in [1.807, 2.05) is 24.3 Å². The first-order chi connectivity index (χ1) is 13.6. The number of aliphatic hydroxyl groups excluding tert-OH is 1. The Hall–Kier alpha value is -2.28. The van der Waals surface area contributed by atoms with Crippen molar-refractivity contribution in [3.05, 3.63) is 59.1 Å². The molecule has 1 aliphatic heterocycles. The molecular weight excluding hydrogens is 380 g/mol. The number of hydrogen-bond acceptors (Lipinski definition) is 6. The molecule has 1 fully saturated rings. The van der Waals surface area contributed by atoms with E-state index in [0.29, 0.717) is 17.9 Å². The number of esters is 1. The molecule has 2 aromatic carbocycles. The molecule has 28 heavy (non-hydrogen) atoms. The lowest BCUT2D eigenvalue weighted by Crippen LogP contribution is -2.49. The van der Waals surface area contributed by atoms with Crippen LogP contribution in [0.1, 0.15) is 10.4 Å². The van der Waals surface area contributed by atoms with Crippen molar-refractivity contribution in [1.29, 1.82) is 0 Å². The smallest absolute Gasteiger partial charge is 0.337 e. The van der Waals surface area contributed by atoms with Crippen LogP contribution in [0, 0.1) is 0 Å². The predicted molar refractivity (Wildman–Crippen MR) is 109 cm³/mol. The molecule has 0 amide bonds. The zero-order valence-electron chi connectivity index (χ0n) is 15.9. The standard InChI is InChI=1S/C21H25ClN2O4/c1-27-21(26)16-6-8-18(9-7-16)28-15-17(25)14-23-10-12-24(13-11-23)20-5-3-2-4-19(20)22/h2-9,17,25H,10-15H2,1H3. The SMILES string of the molecule is COC(=O)c1ccc(OCC(O)CN2CCN(c3ccccc3Cl)CC2)cc1. The minimum Gasteiger partial charge on any atom is -0.491 e. The van der Waals surface area contributed by atoms with Gasteiger partial charge in [-0.2, -0.15) is 0 Å². The first-order valence-electron chi connectivity index (χ1n) is 9.28. The number of methoxy groups -OCH3 is 1. The molecule has 0 saturated carbocycles. The number of anilines is 1. The van der Waals surface area contributed by atoms with Crippen LogP contribution in [0.5, 0.6) is 5.75 Å². The number of β-amino-alcohol motifs (C(OH)–C–C–N with tert-alkyl or cyclic N) is 1. The molecule has 3 rings (SSSR count). The Labute approximate surface area is 170 Å². The average Bonchev–Trinajstić information content (AvgIpc) is 2.73. The van der Waals surface area contributed by atoms with E-state index in [9.17, 15) is 9.90 Å². The van der Waals surface area contributed by atoms with Crippen molar-refractivity contribution >= 4 is 23.3 Å². The van der Waals surface area contributed by atoms with E-state index in [0.717, 1.165) is 36.9 Å². The van der Waals surface area contributed by atoms with E-state index in [2.05, 4.69) is 14.5 Å². The third-order valence-electron chi connectivity index (χ3n) is 4.75. The number of carbonyl (C=O) groups is 1. The zero-order chi connectivity index (χ0) is 19.9. The summed E-state index contributed by atoms with van der Waals surface area (Å²) in [5.41, 5.74) is 1.52. The second kappa shape index (κ2) is 9.78. The van der Waals surface area contributed by atoms with Gasteiger partial charge in [0.1, 0.15) is 18.5 Å². The largest absolute Gasteiger partial charge is 0.491 e. The van der Waals surface area contributed by atoms with Crippen LogP contribution in [0.3, 0.4) is 0 Å². The number of piperazine rings is 1. The molecule has 7 heteroatoms. The first kappa shape index (κ1) is 20.5. The molecular formula is C21H25ClN2O4. The second-order valence-corrected chi connectivity index (χ2v) is 7.13. The maximum absolute atomic E-state index is 11.4. The van der Waals surface area contributed by atoms with Crippen LogP contribution in [-0.4, -0.2) is 68.5 Å². The number of nitrogens with zero attached hydrogens (tertiary/aromatic N) is 2. The zero-order valence-corrected chi connectivity index (χ0v) is 16.6. The third-order valence-corrected chi connectivity index (χ3v) is 5.07. The van der Waals surface area contributed by atoms with Crippen LogP contribution >= 0.6 is 11.6 Å². The Bertz CT molecular complexity index is 776. The minimum atomic E-state index is -0.591.